The molecule has 2 aromatic rings. The summed E-state index contributed by atoms with van der Waals surface area (Å²) in [4.78, 5) is 12.1. The minimum absolute atomic E-state index is 0.373. The van der Waals surface area contributed by atoms with Crippen LogP contribution < -0.4 is 9.47 Å². The summed E-state index contributed by atoms with van der Waals surface area (Å²) < 4.78 is 15.9. The van der Waals surface area contributed by atoms with Gasteiger partial charge in [0.1, 0.15) is 17.3 Å². The highest BCUT2D eigenvalue weighted by molar-refractivity contribution is 6.05. The Kier molecular flexibility index (Phi) is 4.15. The minimum atomic E-state index is -0.373. The molecule has 116 valence electrons. The van der Waals surface area contributed by atoms with Crippen molar-refractivity contribution in [2.45, 2.75) is 0 Å². The van der Waals surface area contributed by atoms with Crippen molar-refractivity contribution in [1.82, 2.24) is 0 Å². The molecule has 0 radical (unpaired) electrons. The summed E-state index contributed by atoms with van der Waals surface area (Å²) in [6.07, 6.45) is 3.52. The predicted octanol–water partition coefficient (Wildman–Crippen LogP) is 3.69. The summed E-state index contributed by atoms with van der Waals surface area (Å²) in [6, 6.07) is 15.0. The van der Waals surface area contributed by atoms with E-state index < -0.39 is 0 Å². The van der Waals surface area contributed by atoms with Crippen molar-refractivity contribution in [1.29, 1.82) is 0 Å². The van der Waals surface area contributed by atoms with Crippen LogP contribution >= 0.6 is 0 Å². The Morgan fingerprint density at radius 2 is 1.78 bits per heavy atom. The van der Waals surface area contributed by atoms with Gasteiger partial charge in [0, 0.05) is 6.07 Å². The molecule has 0 saturated carbocycles. The molecule has 2 aromatic carbocycles. The van der Waals surface area contributed by atoms with Gasteiger partial charge in [-0.1, -0.05) is 30.3 Å². The Morgan fingerprint density at radius 3 is 2.48 bits per heavy atom. The third kappa shape index (κ3) is 3.11. The van der Waals surface area contributed by atoms with Crippen molar-refractivity contribution in [3.05, 3.63) is 71.3 Å². The van der Waals surface area contributed by atoms with Crippen LogP contribution in [0, 0.1) is 0 Å². The Balaban J connectivity index is 1.97. The normalized spacial score (nSPS) is 15.3. The zero-order valence-electron chi connectivity index (χ0n) is 12.9. The molecule has 1 aliphatic rings. The standard InChI is InChI=1S/C19H16O4/c1-21-15-8-9-16(17(12-15)22-2)18-11-14(19(20)23-18)10-13-6-4-3-5-7-13/h3-12H,1-2H3. The molecule has 1 heterocycles. The predicted molar refractivity (Wildman–Crippen MR) is 88.0 cm³/mol. The first-order valence-corrected chi connectivity index (χ1v) is 7.14. The number of carbonyl (C=O) groups is 1. The number of rotatable bonds is 4. The van der Waals surface area contributed by atoms with E-state index in [2.05, 4.69) is 0 Å². The Hall–Kier alpha value is -3.01. The molecule has 0 unspecified atom stereocenters. The molecule has 0 fully saturated rings. The number of carbonyl (C=O) groups excluding carboxylic acids is 1. The lowest BCUT2D eigenvalue weighted by Gasteiger charge is -2.10. The smallest absolute Gasteiger partial charge is 0.343 e. The largest absolute Gasteiger partial charge is 0.497 e. The lowest BCUT2D eigenvalue weighted by Crippen LogP contribution is -1.98. The molecule has 0 spiro atoms. The molecule has 0 amide bonds. The van der Waals surface area contributed by atoms with Crippen LogP contribution in [0.15, 0.2) is 60.2 Å². The number of ether oxygens (including phenoxy) is 3. The van der Waals surface area contributed by atoms with Crippen LogP contribution in [0.2, 0.25) is 0 Å². The summed E-state index contributed by atoms with van der Waals surface area (Å²) in [7, 11) is 3.15. The van der Waals surface area contributed by atoms with Crippen molar-refractivity contribution >= 4 is 17.8 Å². The maximum Gasteiger partial charge on any atom is 0.343 e. The van der Waals surface area contributed by atoms with Gasteiger partial charge in [0.15, 0.2) is 0 Å². The lowest BCUT2D eigenvalue weighted by atomic mass is 10.1. The molecule has 3 rings (SSSR count). The number of hydrogen-bond acceptors (Lipinski definition) is 4. The van der Waals surface area contributed by atoms with Gasteiger partial charge in [-0.25, -0.2) is 4.79 Å². The summed E-state index contributed by atoms with van der Waals surface area (Å²) in [5.74, 6) is 1.36. The monoisotopic (exact) mass is 308 g/mol. The molecule has 23 heavy (non-hydrogen) atoms. The van der Waals surface area contributed by atoms with Crippen LogP contribution in [-0.4, -0.2) is 20.2 Å². The molecule has 0 saturated heterocycles. The summed E-state index contributed by atoms with van der Waals surface area (Å²) in [5, 5.41) is 0. The third-order valence-electron chi connectivity index (χ3n) is 3.52. The van der Waals surface area contributed by atoms with E-state index in [1.54, 1.807) is 38.5 Å². The highest BCUT2D eigenvalue weighted by Crippen LogP contribution is 2.35. The lowest BCUT2D eigenvalue weighted by molar-refractivity contribution is -0.130. The molecule has 4 heteroatoms. The number of benzene rings is 2. The van der Waals surface area contributed by atoms with Gasteiger partial charge in [0.05, 0.1) is 25.4 Å². The quantitative estimate of drug-likeness (QED) is 0.638. The van der Waals surface area contributed by atoms with E-state index in [4.69, 9.17) is 14.2 Å². The van der Waals surface area contributed by atoms with E-state index in [9.17, 15) is 4.79 Å². The van der Waals surface area contributed by atoms with E-state index >= 15 is 0 Å². The van der Waals surface area contributed by atoms with Crippen molar-refractivity contribution in [2.24, 2.45) is 0 Å². The Labute approximate surface area is 134 Å². The van der Waals surface area contributed by atoms with E-state index in [0.717, 1.165) is 5.56 Å². The summed E-state index contributed by atoms with van der Waals surface area (Å²) >= 11 is 0. The van der Waals surface area contributed by atoms with Crippen molar-refractivity contribution < 1.29 is 19.0 Å². The van der Waals surface area contributed by atoms with Gasteiger partial charge in [0.2, 0.25) is 0 Å². The Morgan fingerprint density at radius 1 is 1.00 bits per heavy atom. The van der Waals surface area contributed by atoms with Crippen LogP contribution in [0.5, 0.6) is 11.5 Å². The van der Waals surface area contributed by atoms with Gasteiger partial charge in [-0.05, 0) is 29.8 Å². The van der Waals surface area contributed by atoms with Crippen molar-refractivity contribution in [3.8, 4) is 11.5 Å². The van der Waals surface area contributed by atoms with Gasteiger partial charge < -0.3 is 14.2 Å². The molecular formula is C19H16O4. The summed E-state index contributed by atoms with van der Waals surface area (Å²) in [5.41, 5.74) is 2.15. The first-order valence-electron chi connectivity index (χ1n) is 7.14. The van der Waals surface area contributed by atoms with E-state index in [1.165, 1.54) is 0 Å². The molecule has 0 N–H and O–H groups in total. The number of cyclic esters (lactones) is 1. The fourth-order valence-electron chi connectivity index (χ4n) is 2.35. The van der Waals surface area contributed by atoms with E-state index in [-0.39, 0.29) is 5.97 Å². The fourth-order valence-corrected chi connectivity index (χ4v) is 2.35. The molecule has 0 bridgehead atoms. The van der Waals surface area contributed by atoms with Crippen molar-refractivity contribution in [3.63, 3.8) is 0 Å². The van der Waals surface area contributed by atoms with Gasteiger partial charge in [0.25, 0.3) is 0 Å². The molecular weight excluding hydrogens is 292 g/mol. The van der Waals surface area contributed by atoms with Gasteiger partial charge in [-0.15, -0.1) is 0 Å². The van der Waals surface area contributed by atoms with Crippen LogP contribution in [0.3, 0.4) is 0 Å². The van der Waals surface area contributed by atoms with Gasteiger partial charge in [-0.3, -0.25) is 0 Å². The van der Waals surface area contributed by atoms with Crippen LogP contribution in [0.25, 0.3) is 11.8 Å². The average Bonchev–Trinajstić information content (AvgIpc) is 2.95. The minimum Gasteiger partial charge on any atom is -0.497 e. The van der Waals surface area contributed by atoms with E-state index in [0.29, 0.717) is 28.4 Å². The second-order valence-electron chi connectivity index (χ2n) is 4.97. The zero-order chi connectivity index (χ0) is 16.2. The maximum atomic E-state index is 12.1. The molecule has 4 nitrogen and oxygen atoms in total. The first kappa shape index (κ1) is 14.9. The topological polar surface area (TPSA) is 44.8 Å². The highest BCUT2D eigenvalue weighted by Gasteiger charge is 2.24. The van der Waals surface area contributed by atoms with Gasteiger partial charge in [-0.2, -0.15) is 0 Å². The van der Waals surface area contributed by atoms with Crippen LogP contribution in [0.1, 0.15) is 11.1 Å². The van der Waals surface area contributed by atoms with Crippen LogP contribution in [-0.2, 0) is 9.53 Å². The third-order valence-corrected chi connectivity index (χ3v) is 3.52. The summed E-state index contributed by atoms with van der Waals surface area (Å²) in [6.45, 7) is 0. The second-order valence-corrected chi connectivity index (χ2v) is 4.97. The second kappa shape index (κ2) is 6.40. The SMILES string of the molecule is COc1ccc(C2=CC(=Cc3ccccc3)C(=O)O2)c(OC)c1. The highest BCUT2D eigenvalue weighted by atomic mass is 16.5. The zero-order valence-corrected chi connectivity index (χ0v) is 12.9. The van der Waals surface area contributed by atoms with E-state index in [1.807, 2.05) is 36.4 Å². The first-order chi connectivity index (χ1) is 11.2. The maximum absolute atomic E-state index is 12.1. The number of esters is 1. The van der Waals surface area contributed by atoms with Crippen LogP contribution in [0.4, 0.5) is 0 Å². The average molecular weight is 308 g/mol. The molecule has 1 aliphatic heterocycles. The number of methoxy groups -OCH3 is 2. The van der Waals surface area contributed by atoms with Crippen molar-refractivity contribution in [2.75, 3.05) is 14.2 Å². The molecule has 0 atom stereocenters. The molecule has 0 aliphatic carbocycles. The molecule has 0 aromatic heterocycles. The fraction of sp³-hybridized carbons (Fsp3) is 0.105. The van der Waals surface area contributed by atoms with Gasteiger partial charge >= 0.3 is 5.97 Å². The number of hydrogen-bond donors (Lipinski definition) is 0. The Bertz CT molecular complexity index is 788.